The van der Waals surface area contributed by atoms with Gasteiger partial charge in [-0.1, -0.05) is 35.0 Å². The van der Waals surface area contributed by atoms with E-state index >= 15 is 0 Å². The Morgan fingerprint density at radius 2 is 2.03 bits per heavy atom. The number of ether oxygens (including phenoxy) is 1. The van der Waals surface area contributed by atoms with Crippen molar-refractivity contribution in [3.63, 3.8) is 0 Å². The molecule has 6 nitrogen and oxygen atoms in total. The van der Waals surface area contributed by atoms with Gasteiger partial charge in [-0.3, -0.25) is 4.79 Å². The number of hydrogen-bond acceptors (Lipinski definition) is 5. The number of halogens is 1. The van der Waals surface area contributed by atoms with Gasteiger partial charge in [-0.15, -0.1) is 0 Å². The Morgan fingerprint density at radius 3 is 2.75 bits per heavy atom. The third-order valence-electron chi connectivity index (χ3n) is 5.45. The molecule has 0 aliphatic carbocycles. The average molecular weight is 452 g/mol. The lowest BCUT2D eigenvalue weighted by atomic mass is 10.0. The number of esters is 1. The van der Waals surface area contributed by atoms with Crippen LogP contribution in [-0.2, 0) is 16.0 Å². The normalized spacial score (nSPS) is 11.4. The quantitative estimate of drug-likeness (QED) is 0.304. The Bertz CT molecular complexity index is 1270. The van der Waals surface area contributed by atoms with Gasteiger partial charge >= 0.3 is 5.97 Å². The second-order valence-electron chi connectivity index (χ2n) is 8.09. The largest absolute Gasteiger partial charge is 0.466 e. The van der Waals surface area contributed by atoms with Crippen molar-refractivity contribution in [3.8, 4) is 22.8 Å². The minimum atomic E-state index is -0.184. The van der Waals surface area contributed by atoms with E-state index in [9.17, 15) is 4.79 Å². The van der Waals surface area contributed by atoms with Gasteiger partial charge in [0.05, 0.1) is 17.1 Å². The molecule has 0 bridgehead atoms. The molecule has 0 saturated heterocycles. The maximum atomic E-state index is 11.6. The first-order valence-corrected chi connectivity index (χ1v) is 11.1. The number of nitrogens with zero attached hydrogens (tertiary/aromatic N) is 3. The van der Waals surface area contributed by atoms with Crippen LogP contribution >= 0.6 is 11.6 Å². The van der Waals surface area contributed by atoms with Crippen molar-refractivity contribution in [3.05, 3.63) is 58.7 Å². The summed E-state index contributed by atoms with van der Waals surface area (Å²) in [6, 6.07) is 12.2. The summed E-state index contributed by atoms with van der Waals surface area (Å²) in [5, 5.41) is 5.87. The van der Waals surface area contributed by atoms with E-state index in [0.717, 1.165) is 33.2 Å². The molecule has 0 N–H and O–H groups in total. The molecule has 4 aromatic rings. The molecule has 0 saturated carbocycles. The van der Waals surface area contributed by atoms with Gasteiger partial charge in [-0.05, 0) is 63.4 Å². The summed E-state index contributed by atoms with van der Waals surface area (Å²) in [5.41, 5.74) is 4.75. The minimum absolute atomic E-state index is 0.184. The highest BCUT2D eigenvalue weighted by molar-refractivity contribution is 6.35. The van der Waals surface area contributed by atoms with E-state index in [4.69, 9.17) is 20.9 Å². The molecule has 0 unspecified atom stereocenters. The van der Waals surface area contributed by atoms with Crippen LogP contribution in [0, 0.1) is 6.92 Å². The van der Waals surface area contributed by atoms with Crippen LogP contribution < -0.4 is 0 Å². The lowest BCUT2D eigenvalue weighted by molar-refractivity contribution is -0.143. The summed E-state index contributed by atoms with van der Waals surface area (Å²) < 4.78 is 12.7. The van der Waals surface area contributed by atoms with Gasteiger partial charge in [0, 0.05) is 35.2 Å². The molecular formula is C25H26ClN3O3. The number of fused-ring (bicyclic) bond motifs is 1. The predicted molar refractivity (Wildman–Crippen MR) is 126 cm³/mol. The number of aryl methyl sites for hydroxylation is 2. The summed E-state index contributed by atoms with van der Waals surface area (Å²) in [7, 11) is 0. The van der Waals surface area contributed by atoms with Crippen molar-refractivity contribution in [2.24, 2.45) is 0 Å². The smallest absolute Gasteiger partial charge is 0.306 e. The number of carbonyl (C=O) groups excluding carboxylic acids is 1. The minimum Gasteiger partial charge on any atom is -0.466 e. The van der Waals surface area contributed by atoms with Crippen LogP contribution in [0.5, 0.6) is 0 Å². The van der Waals surface area contributed by atoms with Crippen LogP contribution in [0.1, 0.15) is 44.4 Å². The van der Waals surface area contributed by atoms with E-state index in [-0.39, 0.29) is 5.97 Å². The highest BCUT2D eigenvalue weighted by atomic mass is 35.5. The molecule has 0 spiro atoms. The first kappa shape index (κ1) is 22.1. The van der Waals surface area contributed by atoms with Gasteiger partial charge in [0.2, 0.25) is 5.82 Å². The summed E-state index contributed by atoms with van der Waals surface area (Å²) in [5.74, 6) is 0.758. The second kappa shape index (κ2) is 9.17. The summed E-state index contributed by atoms with van der Waals surface area (Å²) in [6.07, 6.45) is 3.03. The Balaban J connectivity index is 1.58. The monoisotopic (exact) mass is 451 g/mol. The van der Waals surface area contributed by atoms with Crippen LogP contribution in [0.25, 0.3) is 33.7 Å². The molecular weight excluding hydrogens is 426 g/mol. The van der Waals surface area contributed by atoms with E-state index in [1.54, 1.807) is 0 Å². The molecule has 0 fully saturated rings. The van der Waals surface area contributed by atoms with Crippen LogP contribution in [0.4, 0.5) is 0 Å². The first-order valence-electron chi connectivity index (χ1n) is 10.8. The summed E-state index contributed by atoms with van der Waals surface area (Å²) >= 11 is 6.60. The molecule has 2 heterocycles. The number of aromatic nitrogens is 3. The highest BCUT2D eigenvalue weighted by Crippen LogP contribution is 2.33. The fourth-order valence-corrected chi connectivity index (χ4v) is 4.19. The molecule has 4 rings (SSSR count). The fraction of sp³-hybridized carbons (Fsp3) is 0.320. The lowest BCUT2D eigenvalue weighted by Gasteiger charge is -2.10. The number of rotatable bonds is 7. The number of carbonyl (C=O) groups is 1. The molecule has 0 amide bonds. The third kappa shape index (κ3) is 4.41. The molecule has 7 heteroatoms. The van der Waals surface area contributed by atoms with Crippen LogP contribution in [0.2, 0.25) is 5.02 Å². The van der Waals surface area contributed by atoms with Crippen molar-refractivity contribution in [1.82, 2.24) is 14.7 Å². The maximum Gasteiger partial charge on any atom is 0.306 e. The highest BCUT2D eigenvalue weighted by Gasteiger charge is 2.16. The van der Waals surface area contributed by atoms with Crippen molar-refractivity contribution in [1.29, 1.82) is 0 Å². The van der Waals surface area contributed by atoms with E-state index in [0.29, 0.717) is 42.2 Å². The van der Waals surface area contributed by atoms with Gasteiger partial charge in [-0.25, -0.2) is 0 Å². The summed E-state index contributed by atoms with van der Waals surface area (Å²) in [4.78, 5) is 16.2. The van der Waals surface area contributed by atoms with Crippen molar-refractivity contribution < 1.29 is 14.1 Å². The Hall–Kier alpha value is -3.12. The van der Waals surface area contributed by atoms with E-state index in [2.05, 4.69) is 28.6 Å². The standard InChI is InChI=1S/C25H26ClN3O3/c1-5-31-22(30)9-7-17-6-8-20(16(4)12-17)24-27-25(32-28-24)19-13-18-10-11-29(15(2)3)23(18)21(26)14-19/h6,8,10-15H,5,7,9H2,1-4H3. The van der Waals surface area contributed by atoms with Gasteiger partial charge in [0.1, 0.15) is 0 Å². The molecule has 2 aromatic carbocycles. The fourth-order valence-electron chi connectivity index (χ4n) is 3.87. The Morgan fingerprint density at radius 1 is 1.22 bits per heavy atom. The molecule has 166 valence electrons. The first-order chi connectivity index (χ1) is 15.4. The SMILES string of the molecule is CCOC(=O)CCc1ccc(-c2noc(-c3cc(Cl)c4c(ccn4C(C)C)c3)n2)c(C)c1. The van der Waals surface area contributed by atoms with Gasteiger partial charge in [-0.2, -0.15) is 4.98 Å². The molecule has 2 aromatic heterocycles. The lowest BCUT2D eigenvalue weighted by Crippen LogP contribution is -2.05. The molecule has 0 aliphatic rings. The molecule has 0 radical (unpaired) electrons. The zero-order valence-electron chi connectivity index (χ0n) is 18.7. The van der Waals surface area contributed by atoms with Gasteiger partial charge in [0.25, 0.3) is 5.89 Å². The van der Waals surface area contributed by atoms with Gasteiger partial charge < -0.3 is 13.8 Å². The number of hydrogen-bond donors (Lipinski definition) is 0. The summed E-state index contributed by atoms with van der Waals surface area (Å²) in [6.45, 7) is 8.45. The number of benzene rings is 2. The zero-order valence-corrected chi connectivity index (χ0v) is 19.4. The zero-order chi connectivity index (χ0) is 22.8. The maximum absolute atomic E-state index is 11.6. The molecule has 0 atom stereocenters. The van der Waals surface area contributed by atoms with Gasteiger partial charge in [0.15, 0.2) is 0 Å². The van der Waals surface area contributed by atoms with Crippen LogP contribution in [0.15, 0.2) is 47.1 Å². The Labute approximate surface area is 192 Å². The van der Waals surface area contributed by atoms with E-state index in [1.807, 2.05) is 56.4 Å². The van der Waals surface area contributed by atoms with E-state index in [1.165, 1.54) is 0 Å². The van der Waals surface area contributed by atoms with Crippen LogP contribution in [0.3, 0.4) is 0 Å². The van der Waals surface area contributed by atoms with Crippen LogP contribution in [-0.4, -0.2) is 27.3 Å². The Kier molecular flexibility index (Phi) is 6.33. The van der Waals surface area contributed by atoms with Crippen molar-refractivity contribution >= 4 is 28.5 Å². The predicted octanol–water partition coefficient (Wildman–Crippen LogP) is 6.40. The average Bonchev–Trinajstić information content (AvgIpc) is 3.40. The van der Waals surface area contributed by atoms with Crippen molar-refractivity contribution in [2.45, 2.75) is 46.6 Å². The topological polar surface area (TPSA) is 70.2 Å². The second-order valence-corrected chi connectivity index (χ2v) is 8.50. The molecule has 0 aliphatic heterocycles. The van der Waals surface area contributed by atoms with Crippen molar-refractivity contribution in [2.75, 3.05) is 6.61 Å². The van der Waals surface area contributed by atoms with E-state index < -0.39 is 0 Å². The molecule has 32 heavy (non-hydrogen) atoms. The third-order valence-corrected chi connectivity index (χ3v) is 5.74.